The predicted octanol–water partition coefficient (Wildman–Crippen LogP) is 6.50. The minimum atomic E-state index is 0.0488. The number of nitrogens with one attached hydrogen (secondary N) is 1. The highest BCUT2D eigenvalue weighted by molar-refractivity contribution is 5.72. The Hall–Kier alpha value is -0.570. The van der Waals surface area contributed by atoms with Crippen LogP contribution in [0.3, 0.4) is 0 Å². The number of carbonyl (C=O) groups is 1. The zero-order valence-corrected chi connectivity index (χ0v) is 18.3. The van der Waals surface area contributed by atoms with Crippen molar-refractivity contribution in [2.45, 2.75) is 111 Å². The Bertz CT molecular complexity index is 307. The van der Waals surface area contributed by atoms with Gasteiger partial charge in [0.15, 0.2) is 0 Å². The van der Waals surface area contributed by atoms with Gasteiger partial charge in [-0.05, 0) is 45.2 Å². The summed E-state index contributed by atoms with van der Waals surface area (Å²) in [5.41, 5.74) is 0. The Balaban J connectivity index is 3.47. The lowest BCUT2D eigenvalue weighted by Crippen LogP contribution is -2.18. The van der Waals surface area contributed by atoms with Crippen LogP contribution in [0.1, 0.15) is 111 Å². The number of carbonyl (C=O) groups excluding carboxylic acids is 1. The fourth-order valence-corrected chi connectivity index (χ4v) is 3.48. The molecule has 0 aromatic heterocycles. The molecular formula is C23H47NO2. The molecule has 0 saturated heterocycles. The highest BCUT2D eigenvalue weighted by Crippen LogP contribution is 2.17. The first-order valence-corrected chi connectivity index (χ1v) is 11.5. The van der Waals surface area contributed by atoms with E-state index in [0.717, 1.165) is 51.0 Å². The summed E-state index contributed by atoms with van der Waals surface area (Å²) in [4.78, 5) is 12.1. The van der Waals surface area contributed by atoms with E-state index in [-0.39, 0.29) is 11.9 Å². The normalized spacial score (nSPS) is 13.5. The zero-order chi connectivity index (χ0) is 19.5. The smallest absolute Gasteiger partial charge is 0.308 e. The molecule has 0 aliphatic heterocycles. The molecule has 3 heteroatoms. The van der Waals surface area contributed by atoms with Crippen LogP contribution in [0.2, 0.25) is 0 Å². The first-order valence-electron chi connectivity index (χ1n) is 11.5. The van der Waals surface area contributed by atoms with Crippen LogP contribution in [0.5, 0.6) is 0 Å². The third-order valence-corrected chi connectivity index (χ3v) is 5.35. The number of esters is 1. The Morgan fingerprint density at radius 1 is 0.808 bits per heavy atom. The summed E-state index contributed by atoms with van der Waals surface area (Å²) in [5.74, 6) is 1.04. The summed E-state index contributed by atoms with van der Waals surface area (Å²) in [6.45, 7) is 8.46. The molecule has 0 fully saturated rings. The quantitative estimate of drug-likeness (QED) is 0.208. The van der Waals surface area contributed by atoms with Gasteiger partial charge in [0.1, 0.15) is 0 Å². The van der Waals surface area contributed by atoms with E-state index in [2.05, 4.69) is 26.1 Å². The fraction of sp³-hybridized carbons (Fsp3) is 0.957. The molecule has 3 nitrogen and oxygen atoms in total. The van der Waals surface area contributed by atoms with Crippen molar-refractivity contribution in [3.63, 3.8) is 0 Å². The maximum absolute atomic E-state index is 12.1. The van der Waals surface area contributed by atoms with Gasteiger partial charge in [0, 0.05) is 0 Å². The molecule has 0 spiro atoms. The Morgan fingerprint density at radius 3 is 2.08 bits per heavy atom. The Morgan fingerprint density at radius 2 is 1.46 bits per heavy atom. The first kappa shape index (κ1) is 25.4. The van der Waals surface area contributed by atoms with Crippen LogP contribution in [0.15, 0.2) is 0 Å². The largest absolute Gasteiger partial charge is 0.465 e. The maximum atomic E-state index is 12.1. The molecule has 0 aromatic rings. The van der Waals surface area contributed by atoms with Crippen molar-refractivity contribution in [2.75, 3.05) is 20.2 Å². The second kappa shape index (κ2) is 19.2. The van der Waals surface area contributed by atoms with Crippen LogP contribution in [-0.2, 0) is 9.53 Å². The van der Waals surface area contributed by atoms with E-state index in [4.69, 9.17) is 4.74 Å². The van der Waals surface area contributed by atoms with Gasteiger partial charge in [-0.1, -0.05) is 85.0 Å². The monoisotopic (exact) mass is 369 g/mol. The molecule has 2 unspecified atom stereocenters. The van der Waals surface area contributed by atoms with E-state index >= 15 is 0 Å². The SMILES string of the molecule is CCCCC(CCC)C(=O)OCCCCCCCCCC(C)CCNC. The zero-order valence-electron chi connectivity index (χ0n) is 18.3. The van der Waals surface area contributed by atoms with Gasteiger partial charge in [-0.3, -0.25) is 4.79 Å². The second-order valence-corrected chi connectivity index (χ2v) is 8.06. The molecule has 0 aliphatic rings. The van der Waals surface area contributed by atoms with Crippen LogP contribution >= 0.6 is 0 Å². The molecule has 1 N–H and O–H groups in total. The van der Waals surface area contributed by atoms with Crippen molar-refractivity contribution >= 4 is 5.97 Å². The highest BCUT2D eigenvalue weighted by Gasteiger charge is 2.18. The van der Waals surface area contributed by atoms with Gasteiger partial charge >= 0.3 is 5.97 Å². The van der Waals surface area contributed by atoms with Crippen molar-refractivity contribution in [1.29, 1.82) is 0 Å². The van der Waals surface area contributed by atoms with Crippen LogP contribution in [0, 0.1) is 11.8 Å². The lowest BCUT2D eigenvalue weighted by molar-refractivity contribution is -0.149. The Labute approximate surface area is 164 Å². The number of hydrogen-bond acceptors (Lipinski definition) is 3. The van der Waals surface area contributed by atoms with Crippen molar-refractivity contribution in [1.82, 2.24) is 5.32 Å². The molecule has 0 bridgehead atoms. The Kier molecular flexibility index (Phi) is 18.8. The summed E-state index contributed by atoms with van der Waals surface area (Å²) in [7, 11) is 2.03. The van der Waals surface area contributed by atoms with Gasteiger partial charge in [0.05, 0.1) is 12.5 Å². The third-order valence-electron chi connectivity index (χ3n) is 5.35. The van der Waals surface area contributed by atoms with E-state index in [1.807, 2.05) is 7.05 Å². The molecule has 0 aromatic carbocycles. The summed E-state index contributed by atoms with van der Waals surface area (Å²) in [6, 6.07) is 0. The van der Waals surface area contributed by atoms with Crippen molar-refractivity contribution in [3.8, 4) is 0 Å². The van der Waals surface area contributed by atoms with Crippen molar-refractivity contribution < 1.29 is 9.53 Å². The lowest BCUT2D eigenvalue weighted by Gasteiger charge is -2.14. The van der Waals surface area contributed by atoms with Gasteiger partial charge in [0.2, 0.25) is 0 Å². The minimum Gasteiger partial charge on any atom is -0.465 e. The molecule has 0 radical (unpaired) electrons. The van der Waals surface area contributed by atoms with Crippen LogP contribution in [0.4, 0.5) is 0 Å². The van der Waals surface area contributed by atoms with Gasteiger partial charge in [-0.15, -0.1) is 0 Å². The summed E-state index contributed by atoms with van der Waals surface area (Å²) in [5, 5.41) is 3.23. The second-order valence-electron chi connectivity index (χ2n) is 8.06. The molecule has 0 rings (SSSR count). The summed E-state index contributed by atoms with van der Waals surface area (Å²) in [6.07, 6.45) is 16.9. The molecule has 2 atom stereocenters. The number of hydrogen-bond donors (Lipinski definition) is 1. The first-order chi connectivity index (χ1) is 12.7. The van der Waals surface area contributed by atoms with E-state index in [9.17, 15) is 4.79 Å². The van der Waals surface area contributed by atoms with Gasteiger partial charge in [-0.2, -0.15) is 0 Å². The number of ether oxygens (including phenoxy) is 1. The van der Waals surface area contributed by atoms with E-state index in [1.54, 1.807) is 0 Å². The number of rotatable bonds is 19. The third kappa shape index (κ3) is 15.7. The predicted molar refractivity (Wildman–Crippen MR) is 114 cm³/mol. The molecule has 0 saturated carbocycles. The van der Waals surface area contributed by atoms with Crippen LogP contribution < -0.4 is 5.32 Å². The van der Waals surface area contributed by atoms with Crippen molar-refractivity contribution in [2.24, 2.45) is 11.8 Å². The van der Waals surface area contributed by atoms with E-state index in [1.165, 1.54) is 51.4 Å². The standard InChI is InChI=1S/C23H47NO2/c1-5-7-17-22(15-6-2)23(25)26-20-14-12-10-8-9-11-13-16-21(3)18-19-24-4/h21-22,24H,5-20H2,1-4H3. The molecule has 0 heterocycles. The maximum Gasteiger partial charge on any atom is 0.308 e. The van der Waals surface area contributed by atoms with Gasteiger partial charge in [-0.25, -0.2) is 0 Å². The van der Waals surface area contributed by atoms with Gasteiger partial charge in [0.25, 0.3) is 0 Å². The number of unbranched alkanes of at least 4 members (excludes halogenated alkanes) is 7. The van der Waals surface area contributed by atoms with Gasteiger partial charge < -0.3 is 10.1 Å². The molecule has 0 aliphatic carbocycles. The topological polar surface area (TPSA) is 38.3 Å². The molecule has 156 valence electrons. The molecule has 26 heavy (non-hydrogen) atoms. The highest BCUT2D eigenvalue weighted by atomic mass is 16.5. The lowest BCUT2D eigenvalue weighted by atomic mass is 9.97. The van der Waals surface area contributed by atoms with Crippen LogP contribution in [-0.4, -0.2) is 26.2 Å². The molecule has 0 amide bonds. The average molecular weight is 370 g/mol. The molecular weight excluding hydrogens is 322 g/mol. The van der Waals surface area contributed by atoms with Crippen molar-refractivity contribution in [3.05, 3.63) is 0 Å². The van der Waals surface area contributed by atoms with E-state index in [0.29, 0.717) is 6.61 Å². The summed E-state index contributed by atoms with van der Waals surface area (Å²) >= 11 is 0. The summed E-state index contributed by atoms with van der Waals surface area (Å²) < 4.78 is 5.51. The van der Waals surface area contributed by atoms with Crippen LogP contribution in [0.25, 0.3) is 0 Å². The fourth-order valence-electron chi connectivity index (χ4n) is 3.48. The van der Waals surface area contributed by atoms with E-state index < -0.39 is 0 Å². The minimum absolute atomic E-state index is 0.0488. The average Bonchev–Trinajstić information content (AvgIpc) is 2.64.